The molecular formula is C13H17N3O3. The van der Waals surface area contributed by atoms with Gasteiger partial charge in [-0.3, -0.25) is 10.1 Å². The quantitative estimate of drug-likeness (QED) is 0.658. The highest BCUT2D eigenvalue weighted by Crippen LogP contribution is 2.25. The Morgan fingerprint density at radius 3 is 2.63 bits per heavy atom. The second kappa shape index (κ2) is 5.69. The molecule has 19 heavy (non-hydrogen) atoms. The number of amides is 2. The van der Waals surface area contributed by atoms with Gasteiger partial charge in [0.1, 0.15) is 0 Å². The number of carbonyl (C=O) groups is 1. The van der Waals surface area contributed by atoms with Gasteiger partial charge < -0.3 is 10.2 Å². The third-order valence-electron chi connectivity index (χ3n) is 3.39. The fraction of sp³-hybridized carbons (Fsp3) is 0.462. The first-order chi connectivity index (χ1) is 9.09. The number of hydrogen-bond donors (Lipinski definition) is 1. The summed E-state index contributed by atoms with van der Waals surface area (Å²) < 4.78 is 0. The van der Waals surface area contributed by atoms with Gasteiger partial charge in [0.25, 0.3) is 5.69 Å². The number of hydrogen-bond acceptors (Lipinski definition) is 3. The molecule has 102 valence electrons. The number of carbonyl (C=O) groups excluding carboxylic acids is 1. The van der Waals surface area contributed by atoms with E-state index in [1.807, 2.05) is 0 Å². The highest BCUT2D eigenvalue weighted by molar-refractivity contribution is 5.90. The molecule has 0 aromatic heterocycles. The van der Waals surface area contributed by atoms with Gasteiger partial charge in [-0.1, -0.05) is 6.07 Å². The SMILES string of the molecule is Cc1c(NC(=O)N2CCCCC2)cccc1[N+](=O)[O-]. The minimum Gasteiger partial charge on any atom is -0.325 e. The molecule has 1 saturated heterocycles. The van der Waals surface area contributed by atoms with E-state index >= 15 is 0 Å². The third-order valence-corrected chi connectivity index (χ3v) is 3.39. The Hall–Kier alpha value is -2.11. The zero-order chi connectivity index (χ0) is 13.8. The lowest BCUT2D eigenvalue weighted by Crippen LogP contribution is -2.38. The van der Waals surface area contributed by atoms with Crippen LogP contribution in [0.5, 0.6) is 0 Å². The lowest BCUT2D eigenvalue weighted by atomic mass is 10.1. The van der Waals surface area contributed by atoms with Crippen molar-refractivity contribution >= 4 is 17.4 Å². The number of anilines is 1. The van der Waals surface area contributed by atoms with Gasteiger partial charge in [-0.05, 0) is 32.3 Å². The van der Waals surface area contributed by atoms with E-state index in [1.54, 1.807) is 24.0 Å². The van der Waals surface area contributed by atoms with E-state index in [9.17, 15) is 14.9 Å². The van der Waals surface area contributed by atoms with Gasteiger partial charge in [0.05, 0.1) is 16.2 Å². The number of benzene rings is 1. The Bertz CT molecular complexity index is 496. The lowest BCUT2D eigenvalue weighted by Gasteiger charge is -2.27. The molecule has 0 spiro atoms. The van der Waals surface area contributed by atoms with E-state index in [0.29, 0.717) is 11.3 Å². The molecule has 1 aromatic carbocycles. The fourth-order valence-electron chi connectivity index (χ4n) is 2.25. The largest absolute Gasteiger partial charge is 0.325 e. The van der Waals surface area contributed by atoms with Crippen LogP contribution in [0, 0.1) is 17.0 Å². The molecule has 0 saturated carbocycles. The zero-order valence-corrected chi connectivity index (χ0v) is 10.9. The van der Waals surface area contributed by atoms with Gasteiger partial charge in [-0.2, -0.15) is 0 Å². The highest BCUT2D eigenvalue weighted by atomic mass is 16.6. The predicted molar refractivity (Wildman–Crippen MR) is 72.3 cm³/mol. The minimum absolute atomic E-state index is 0.0245. The monoisotopic (exact) mass is 263 g/mol. The number of nitrogens with one attached hydrogen (secondary N) is 1. The molecule has 0 atom stereocenters. The number of likely N-dealkylation sites (tertiary alicyclic amines) is 1. The smallest absolute Gasteiger partial charge is 0.321 e. The highest BCUT2D eigenvalue weighted by Gasteiger charge is 2.19. The van der Waals surface area contributed by atoms with Crippen LogP contribution in [0.4, 0.5) is 16.2 Å². The number of nitrogens with zero attached hydrogens (tertiary/aromatic N) is 2. The fourth-order valence-corrected chi connectivity index (χ4v) is 2.25. The maximum absolute atomic E-state index is 12.0. The standard InChI is InChI=1S/C13H17N3O3/c1-10-11(6-5-7-12(10)16(18)19)14-13(17)15-8-3-2-4-9-15/h5-7H,2-4,8-9H2,1H3,(H,14,17). The van der Waals surface area contributed by atoms with Crippen LogP contribution in [0.2, 0.25) is 0 Å². The van der Waals surface area contributed by atoms with E-state index in [4.69, 9.17) is 0 Å². The second-order valence-electron chi connectivity index (χ2n) is 4.68. The maximum Gasteiger partial charge on any atom is 0.321 e. The molecule has 0 bridgehead atoms. The summed E-state index contributed by atoms with van der Waals surface area (Å²) in [7, 11) is 0. The third kappa shape index (κ3) is 3.01. The summed E-state index contributed by atoms with van der Waals surface area (Å²) in [5.41, 5.74) is 1.01. The average molecular weight is 263 g/mol. The van der Waals surface area contributed by atoms with Crippen molar-refractivity contribution in [1.82, 2.24) is 4.90 Å². The number of nitro benzene ring substituents is 1. The Kier molecular flexibility index (Phi) is 3.99. The van der Waals surface area contributed by atoms with Gasteiger partial charge in [-0.25, -0.2) is 4.79 Å². The van der Waals surface area contributed by atoms with Crippen molar-refractivity contribution in [1.29, 1.82) is 0 Å². The van der Waals surface area contributed by atoms with E-state index in [0.717, 1.165) is 32.4 Å². The maximum atomic E-state index is 12.0. The molecule has 0 aliphatic carbocycles. The number of rotatable bonds is 2. The molecule has 0 unspecified atom stereocenters. The molecule has 2 rings (SSSR count). The summed E-state index contributed by atoms with van der Waals surface area (Å²) in [5.74, 6) is 0. The van der Waals surface area contributed by atoms with Gasteiger partial charge in [0.15, 0.2) is 0 Å². The van der Waals surface area contributed by atoms with Crippen LogP contribution < -0.4 is 5.32 Å². The first-order valence-corrected chi connectivity index (χ1v) is 6.39. The first kappa shape index (κ1) is 13.3. The Labute approximate surface area is 111 Å². The summed E-state index contributed by atoms with van der Waals surface area (Å²) in [6.07, 6.45) is 3.18. The van der Waals surface area contributed by atoms with Gasteiger partial charge in [0.2, 0.25) is 0 Å². The van der Waals surface area contributed by atoms with Crippen LogP contribution in [-0.2, 0) is 0 Å². The normalized spacial score (nSPS) is 15.1. The summed E-state index contributed by atoms with van der Waals surface area (Å²) >= 11 is 0. The van der Waals surface area contributed by atoms with E-state index < -0.39 is 4.92 Å². The number of nitro groups is 1. The first-order valence-electron chi connectivity index (χ1n) is 6.39. The second-order valence-corrected chi connectivity index (χ2v) is 4.68. The van der Waals surface area contributed by atoms with Gasteiger partial charge in [-0.15, -0.1) is 0 Å². The molecule has 6 nitrogen and oxygen atoms in total. The molecule has 6 heteroatoms. The van der Waals surface area contributed by atoms with Crippen molar-refractivity contribution in [2.45, 2.75) is 26.2 Å². The van der Waals surface area contributed by atoms with Crippen LogP contribution in [0.25, 0.3) is 0 Å². The van der Waals surface area contributed by atoms with E-state index in [1.165, 1.54) is 6.07 Å². The van der Waals surface area contributed by atoms with Crippen molar-refractivity contribution in [2.24, 2.45) is 0 Å². The molecule has 1 N–H and O–H groups in total. The van der Waals surface area contributed by atoms with Gasteiger partial charge >= 0.3 is 6.03 Å². The number of urea groups is 1. The summed E-state index contributed by atoms with van der Waals surface area (Å²) in [6.45, 7) is 3.14. The molecule has 0 radical (unpaired) electrons. The summed E-state index contributed by atoms with van der Waals surface area (Å²) in [5, 5.41) is 13.6. The van der Waals surface area contributed by atoms with Crippen molar-refractivity contribution in [3.05, 3.63) is 33.9 Å². The van der Waals surface area contributed by atoms with Crippen molar-refractivity contribution in [3.63, 3.8) is 0 Å². The van der Waals surface area contributed by atoms with Gasteiger partial charge in [0, 0.05) is 19.2 Å². The van der Waals surface area contributed by atoms with Crippen LogP contribution in [-0.4, -0.2) is 28.9 Å². The van der Waals surface area contributed by atoms with E-state index in [-0.39, 0.29) is 11.7 Å². The van der Waals surface area contributed by atoms with Crippen molar-refractivity contribution < 1.29 is 9.72 Å². The summed E-state index contributed by atoms with van der Waals surface area (Å²) in [6, 6.07) is 4.52. The van der Waals surface area contributed by atoms with Crippen molar-refractivity contribution in [3.8, 4) is 0 Å². The molecule has 1 fully saturated rings. The zero-order valence-electron chi connectivity index (χ0n) is 10.9. The van der Waals surface area contributed by atoms with E-state index in [2.05, 4.69) is 5.32 Å². The molecular weight excluding hydrogens is 246 g/mol. The number of piperidine rings is 1. The lowest BCUT2D eigenvalue weighted by molar-refractivity contribution is -0.385. The van der Waals surface area contributed by atoms with Crippen molar-refractivity contribution in [2.75, 3.05) is 18.4 Å². The molecule has 1 aliphatic rings. The average Bonchev–Trinajstić information content (AvgIpc) is 2.41. The molecule has 1 heterocycles. The molecule has 1 aromatic rings. The Morgan fingerprint density at radius 1 is 1.32 bits per heavy atom. The summed E-state index contributed by atoms with van der Waals surface area (Å²) in [4.78, 5) is 24.2. The topological polar surface area (TPSA) is 75.5 Å². The van der Waals surface area contributed by atoms with Crippen LogP contribution in [0.15, 0.2) is 18.2 Å². The molecule has 2 amide bonds. The Morgan fingerprint density at radius 2 is 2.00 bits per heavy atom. The molecule has 1 aliphatic heterocycles. The van der Waals surface area contributed by atoms with Crippen LogP contribution >= 0.6 is 0 Å². The Balaban J connectivity index is 2.12. The minimum atomic E-state index is -0.439. The van der Waals surface area contributed by atoms with Crippen LogP contribution in [0.3, 0.4) is 0 Å². The van der Waals surface area contributed by atoms with Crippen LogP contribution in [0.1, 0.15) is 24.8 Å². The predicted octanol–water partition coefficient (Wildman–Crippen LogP) is 2.92.